The van der Waals surface area contributed by atoms with Gasteiger partial charge >= 0.3 is 0 Å². The molecule has 1 atom stereocenters. The fourth-order valence-corrected chi connectivity index (χ4v) is 3.21. The molecule has 0 radical (unpaired) electrons. The van der Waals surface area contributed by atoms with Crippen LogP contribution in [0, 0.1) is 5.92 Å². The van der Waals surface area contributed by atoms with E-state index >= 15 is 0 Å². The van der Waals surface area contributed by atoms with E-state index in [1.165, 1.54) is 25.1 Å². The zero-order valence-corrected chi connectivity index (χ0v) is 11.1. The van der Waals surface area contributed by atoms with Gasteiger partial charge in [-0.1, -0.05) is 6.07 Å². The molecule has 1 saturated heterocycles. The zero-order valence-electron chi connectivity index (χ0n) is 10.3. The summed E-state index contributed by atoms with van der Waals surface area (Å²) in [5.74, 6) is 0.748. The molecule has 2 aromatic rings. The quantitative estimate of drug-likeness (QED) is 0.921. The smallest absolute Gasteiger partial charge is 0.142 e. The van der Waals surface area contributed by atoms with E-state index in [-0.39, 0.29) is 0 Å². The lowest BCUT2D eigenvalue weighted by atomic mass is 9.95. The summed E-state index contributed by atoms with van der Waals surface area (Å²) in [6.07, 6.45) is 5.53. The van der Waals surface area contributed by atoms with Crippen molar-refractivity contribution in [2.24, 2.45) is 5.92 Å². The lowest BCUT2D eigenvalue weighted by molar-refractivity contribution is 0.374. The van der Waals surface area contributed by atoms with Crippen molar-refractivity contribution in [2.75, 3.05) is 13.1 Å². The highest BCUT2D eigenvalue weighted by atomic mass is 32.1. The molecule has 3 rings (SSSR count). The molecule has 18 heavy (non-hydrogen) atoms. The molecule has 4 heteroatoms. The van der Waals surface area contributed by atoms with E-state index < -0.39 is 0 Å². The number of aromatic nitrogens is 2. The summed E-state index contributed by atoms with van der Waals surface area (Å²) in [5.41, 5.74) is 2.20. The van der Waals surface area contributed by atoms with E-state index in [1.54, 1.807) is 11.3 Å². The molecule has 0 aliphatic carbocycles. The molecule has 1 unspecified atom stereocenters. The number of nitrogens with zero attached hydrogens (tertiary/aromatic N) is 2. The summed E-state index contributed by atoms with van der Waals surface area (Å²) in [7, 11) is 0. The Kier molecular flexibility index (Phi) is 3.67. The van der Waals surface area contributed by atoms with Crippen molar-refractivity contribution < 1.29 is 0 Å². The van der Waals surface area contributed by atoms with Crippen LogP contribution < -0.4 is 5.32 Å². The maximum Gasteiger partial charge on any atom is 0.142 e. The van der Waals surface area contributed by atoms with E-state index in [1.807, 2.05) is 24.4 Å². The number of hydrogen-bond acceptors (Lipinski definition) is 4. The lowest BCUT2D eigenvalue weighted by Crippen LogP contribution is -2.30. The van der Waals surface area contributed by atoms with Crippen LogP contribution in [0.5, 0.6) is 0 Å². The van der Waals surface area contributed by atoms with Gasteiger partial charge < -0.3 is 5.32 Å². The van der Waals surface area contributed by atoms with Gasteiger partial charge in [-0.25, -0.2) is 4.98 Å². The average Bonchev–Trinajstić information content (AvgIpc) is 2.89. The van der Waals surface area contributed by atoms with Gasteiger partial charge in [0.15, 0.2) is 0 Å². The largest absolute Gasteiger partial charge is 0.316 e. The maximum atomic E-state index is 4.70. The normalized spacial score (nSPS) is 19.9. The van der Waals surface area contributed by atoms with Crippen molar-refractivity contribution in [1.29, 1.82) is 0 Å². The van der Waals surface area contributed by atoms with Gasteiger partial charge in [0.05, 0.1) is 11.4 Å². The highest BCUT2D eigenvalue weighted by molar-refractivity contribution is 7.13. The van der Waals surface area contributed by atoms with Crippen LogP contribution in [-0.4, -0.2) is 23.1 Å². The summed E-state index contributed by atoms with van der Waals surface area (Å²) in [6, 6.07) is 5.96. The van der Waals surface area contributed by atoms with Crippen molar-refractivity contribution in [2.45, 2.75) is 19.3 Å². The van der Waals surface area contributed by atoms with Crippen molar-refractivity contribution in [3.8, 4) is 10.7 Å². The summed E-state index contributed by atoms with van der Waals surface area (Å²) in [6.45, 7) is 2.31. The van der Waals surface area contributed by atoms with Gasteiger partial charge in [-0.3, -0.25) is 4.98 Å². The minimum absolute atomic E-state index is 0.748. The van der Waals surface area contributed by atoms with E-state index in [9.17, 15) is 0 Å². The summed E-state index contributed by atoms with van der Waals surface area (Å²) >= 11 is 1.70. The second-order valence-electron chi connectivity index (χ2n) is 4.78. The molecule has 94 valence electrons. The molecule has 2 aromatic heterocycles. The van der Waals surface area contributed by atoms with Gasteiger partial charge in [0.1, 0.15) is 5.01 Å². The Morgan fingerprint density at radius 3 is 3.17 bits per heavy atom. The molecular weight excluding hydrogens is 242 g/mol. The standard InChI is InChI=1S/C14H17N3S/c1-2-7-16-13(5-1)14-17-12(10-18-14)8-11-4-3-6-15-9-11/h1-2,5,7,10-11,15H,3-4,6,8-9H2. The van der Waals surface area contributed by atoms with E-state index in [0.717, 1.165) is 29.6 Å². The van der Waals surface area contributed by atoms with E-state index in [0.29, 0.717) is 0 Å². The number of pyridine rings is 1. The Bertz CT molecular complexity index is 489. The minimum atomic E-state index is 0.748. The van der Waals surface area contributed by atoms with Gasteiger partial charge in [-0.15, -0.1) is 11.3 Å². The number of rotatable bonds is 3. The maximum absolute atomic E-state index is 4.70. The molecule has 3 nitrogen and oxygen atoms in total. The van der Waals surface area contributed by atoms with Crippen LogP contribution in [0.1, 0.15) is 18.5 Å². The van der Waals surface area contributed by atoms with Crippen LogP contribution in [0.3, 0.4) is 0 Å². The Hall–Kier alpha value is -1.26. The Morgan fingerprint density at radius 1 is 1.39 bits per heavy atom. The van der Waals surface area contributed by atoms with Gasteiger partial charge in [0, 0.05) is 11.6 Å². The first-order valence-corrected chi connectivity index (χ1v) is 7.36. The van der Waals surface area contributed by atoms with E-state index in [2.05, 4.69) is 15.7 Å². The predicted octanol–water partition coefficient (Wildman–Crippen LogP) is 2.75. The van der Waals surface area contributed by atoms with Gasteiger partial charge in [0.2, 0.25) is 0 Å². The summed E-state index contributed by atoms with van der Waals surface area (Å²) < 4.78 is 0. The van der Waals surface area contributed by atoms with Crippen LogP contribution in [0.15, 0.2) is 29.8 Å². The van der Waals surface area contributed by atoms with Crippen molar-refractivity contribution in [3.05, 3.63) is 35.5 Å². The summed E-state index contributed by atoms with van der Waals surface area (Å²) in [4.78, 5) is 9.05. The zero-order chi connectivity index (χ0) is 12.2. The monoisotopic (exact) mass is 259 g/mol. The topological polar surface area (TPSA) is 37.8 Å². The highest BCUT2D eigenvalue weighted by Gasteiger charge is 2.15. The second kappa shape index (κ2) is 5.59. The third kappa shape index (κ3) is 2.76. The molecule has 1 fully saturated rings. The fraction of sp³-hybridized carbons (Fsp3) is 0.429. The van der Waals surface area contributed by atoms with Crippen LogP contribution >= 0.6 is 11.3 Å². The SMILES string of the molecule is c1ccc(-c2nc(CC3CCCNC3)cs2)nc1. The third-order valence-corrected chi connectivity index (χ3v) is 4.25. The Morgan fingerprint density at radius 2 is 2.39 bits per heavy atom. The van der Waals surface area contributed by atoms with Crippen molar-refractivity contribution >= 4 is 11.3 Å². The number of hydrogen-bond donors (Lipinski definition) is 1. The van der Waals surface area contributed by atoms with Gasteiger partial charge in [-0.05, 0) is 50.4 Å². The van der Waals surface area contributed by atoms with Crippen LogP contribution in [-0.2, 0) is 6.42 Å². The summed E-state index contributed by atoms with van der Waals surface area (Å²) in [5, 5.41) is 6.67. The first kappa shape index (κ1) is 11.8. The molecule has 3 heterocycles. The van der Waals surface area contributed by atoms with Crippen LogP contribution in [0.4, 0.5) is 0 Å². The minimum Gasteiger partial charge on any atom is -0.316 e. The van der Waals surface area contributed by atoms with Crippen LogP contribution in [0.2, 0.25) is 0 Å². The molecule has 0 bridgehead atoms. The molecule has 1 aliphatic rings. The lowest BCUT2D eigenvalue weighted by Gasteiger charge is -2.21. The number of nitrogens with one attached hydrogen (secondary N) is 1. The van der Waals surface area contributed by atoms with Crippen molar-refractivity contribution in [1.82, 2.24) is 15.3 Å². The first-order valence-electron chi connectivity index (χ1n) is 6.48. The predicted molar refractivity (Wildman–Crippen MR) is 74.6 cm³/mol. The second-order valence-corrected chi connectivity index (χ2v) is 5.63. The Balaban J connectivity index is 1.69. The molecular formula is C14H17N3S. The number of thiazole rings is 1. The molecule has 0 saturated carbocycles. The Labute approximate surface area is 111 Å². The molecule has 0 amide bonds. The highest BCUT2D eigenvalue weighted by Crippen LogP contribution is 2.24. The fourth-order valence-electron chi connectivity index (χ4n) is 2.40. The molecule has 0 spiro atoms. The average molecular weight is 259 g/mol. The molecule has 1 aliphatic heterocycles. The number of piperidine rings is 1. The van der Waals surface area contributed by atoms with Gasteiger partial charge in [0.25, 0.3) is 0 Å². The molecule has 0 aromatic carbocycles. The first-order chi connectivity index (χ1) is 8.92. The van der Waals surface area contributed by atoms with Crippen molar-refractivity contribution in [3.63, 3.8) is 0 Å². The molecule has 1 N–H and O–H groups in total. The van der Waals surface area contributed by atoms with E-state index in [4.69, 9.17) is 4.98 Å². The van der Waals surface area contributed by atoms with Crippen LogP contribution in [0.25, 0.3) is 10.7 Å². The third-order valence-electron chi connectivity index (χ3n) is 3.33. The van der Waals surface area contributed by atoms with Gasteiger partial charge in [-0.2, -0.15) is 0 Å².